The molecule has 0 N–H and O–H groups in total. The number of hydrogen-bond acceptors (Lipinski definition) is 3. The molecule has 1 heterocycles. The van der Waals surface area contributed by atoms with E-state index in [9.17, 15) is 4.79 Å². The largest absolute Gasteiger partial charge is 0.497 e. The summed E-state index contributed by atoms with van der Waals surface area (Å²) < 4.78 is 10.2. The molecule has 94 valence electrons. The van der Waals surface area contributed by atoms with Crippen LogP contribution in [-0.2, 0) is 6.54 Å². The summed E-state index contributed by atoms with van der Waals surface area (Å²) in [5, 5.41) is 0. The van der Waals surface area contributed by atoms with Gasteiger partial charge in [0.25, 0.3) is 5.91 Å². The van der Waals surface area contributed by atoms with E-state index in [-0.39, 0.29) is 5.91 Å². The molecule has 1 aromatic heterocycles. The molecule has 4 heteroatoms. The third kappa shape index (κ3) is 2.71. The van der Waals surface area contributed by atoms with Crippen LogP contribution in [-0.4, -0.2) is 25.0 Å². The van der Waals surface area contributed by atoms with E-state index in [2.05, 4.69) is 0 Å². The standard InChI is InChI=1S/C14H15NO3/c1-15(14(16)13-4-3-9-18-13)10-11-5-7-12(17-2)8-6-11/h3-9H,10H2,1-2H3. The Hall–Kier alpha value is -2.23. The lowest BCUT2D eigenvalue weighted by molar-refractivity contribution is 0.0753. The third-order valence-corrected chi connectivity index (χ3v) is 2.66. The van der Waals surface area contributed by atoms with Crippen molar-refractivity contribution < 1.29 is 13.9 Å². The molecule has 4 nitrogen and oxygen atoms in total. The van der Waals surface area contributed by atoms with E-state index in [0.717, 1.165) is 11.3 Å². The molecule has 0 saturated heterocycles. The van der Waals surface area contributed by atoms with E-state index >= 15 is 0 Å². The van der Waals surface area contributed by atoms with Crippen LogP contribution < -0.4 is 4.74 Å². The van der Waals surface area contributed by atoms with E-state index in [1.165, 1.54) is 6.26 Å². The smallest absolute Gasteiger partial charge is 0.289 e. The zero-order valence-electron chi connectivity index (χ0n) is 10.4. The van der Waals surface area contributed by atoms with Gasteiger partial charge in [0.2, 0.25) is 0 Å². The Morgan fingerprint density at radius 3 is 2.56 bits per heavy atom. The van der Waals surface area contributed by atoms with E-state index in [0.29, 0.717) is 12.3 Å². The summed E-state index contributed by atoms with van der Waals surface area (Å²) in [6, 6.07) is 11.0. The lowest BCUT2D eigenvalue weighted by Gasteiger charge is -2.15. The van der Waals surface area contributed by atoms with E-state index < -0.39 is 0 Å². The van der Waals surface area contributed by atoms with Crippen molar-refractivity contribution in [2.24, 2.45) is 0 Å². The first-order valence-electron chi connectivity index (χ1n) is 5.62. The van der Waals surface area contributed by atoms with Gasteiger partial charge >= 0.3 is 0 Å². The molecule has 1 aromatic carbocycles. The Morgan fingerprint density at radius 1 is 1.28 bits per heavy atom. The second-order valence-corrected chi connectivity index (χ2v) is 3.99. The number of carbonyl (C=O) groups is 1. The lowest BCUT2D eigenvalue weighted by atomic mass is 10.2. The summed E-state index contributed by atoms with van der Waals surface area (Å²) >= 11 is 0. The quantitative estimate of drug-likeness (QED) is 0.831. The summed E-state index contributed by atoms with van der Waals surface area (Å²) in [4.78, 5) is 13.6. The zero-order chi connectivity index (χ0) is 13.0. The number of carbonyl (C=O) groups excluding carboxylic acids is 1. The van der Waals surface area contributed by atoms with Gasteiger partial charge in [-0.3, -0.25) is 4.79 Å². The summed E-state index contributed by atoms with van der Waals surface area (Å²) in [6.45, 7) is 0.531. The summed E-state index contributed by atoms with van der Waals surface area (Å²) in [5.41, 5.74) is 1.04. The predicted molar refractivity (Wildman–Crippen MR) is 67.5 cm³/mol. The number of ether oxygens (including phenoxy) is 1. The molecule has 2 rings (SSSR count). The maximum absolute atomic E-state index is 11.9. The highest BCUT2D eigenvalue weighted by Gasteiger charge is 2.14. The van der Waals surface area contributed by atoms with Crippen molar-refractivity contribution in [2.75, 3.05) is 14.2 Å². The first kappa shape index (κ1) is 12.2. The van der Waals surface area contributed by atoms with Crippen LogP contribution in [0.4, 0.5) is 0 Å². The second-order valence-electron chi connectivity index (χ2n) is 3.99. The van der Waals surface area contributed by atoms with Gasteiger partial charge in [0.05, 0.1) is 13.4 Å². The molecule has 0 saturated carbocycles. The molecular weight excluding hydrogens is 230 g/mol. The Labute approximate surface area is 106 Å². The van der Waals surface area contributed by atoms with Crippen molar-refractivity contribution >= 4 is 5.91 Å². The van der Waals surface area contributed by atoms with Crippen molar-refractivity contribution in [1.82, 2.24) is 4.90 Å². The van der Waals surface area contributed by atoms with Crippen LogP contribution in [0, 0.1) is 0 Å². The van der Waals surface area contributed by atoms with Gasteiger partial charge in [-0.1, -0.05) is 12.1 Å². The molecule has 18 heavy (non-hydrogen) atoms. The molecule has 0 fully saturated rings. The minimum absolute atomic E-state index is 0.129. The van der Waals surface area contributed by atoms with Crippen molar-refractivity contribution in [3.8, 4) is 5.75 Å². The fraction of sp³-hybridized carbons (Fsp3) is 0.214. The molecule has 0 unspecified atom stereocenters. The van der Waals surface area contributed by atoms with E-state index in [1.54, 1.807) is 31.2 Å². The molecule has 0 radical (unpaired) electrons. The van der Waals surface area contributed by atoms with Gasteiger partial charge < -0.3 is 14.1 Å². The third-order valence-electron chi connectivity index (χ3n) is 2.66. The minimum atomic E-state index is -0.129. The topological polar surface area (TPSA) is 42.7 Å². The normalized spacial score (nSPS) is 10.1. The van der Waals surface area contributed by atoms with E-state index in [1.807, 2.05) is 24.3 Å². The number of amides is 1. The average molecular weight is 245 g/mol. The first-order chi connectivity index (χ1) is 8.70. The SMILES string of the molecule is COc1ccc(CN(C)C(=O)c2ccco2)cc1. The van der Waals surface area contributed by atoms with Crippen LogP contribution in [0.2, 0.25) is 0 Å². The van der Waals surface area contributed by atoms with Gasteiger partial charge in [0.15, 0.2) is 5.76 Å². The number of nitrogens with zero attached hydrogens (tertiary/aromatic N) is 1. The van der Waals surface area contributed by atoms with Crippen molar-refractivity contribution in [2.45, 2.75) is 6.54 Å². The number of rotatable bonds is 4. The number of methoxy groups -OCH3 is 1. The van der Waals surface area contributed by atoms with Crippen LogP contribution in [0.25, 0.3) is 0 Å². The molecule has 0 atom stereocenters. The fourth-order valence-corrected chi connectivity index (χ4v) is 1.66. The highest BCUT2D eigenvalue weighted by Crippen LogP contribution is 2.13. The van der Waals surface area contributed by atoms with Crippen LogP contribution in [0.5, 0.6) is 5.75 Å². The zero-order valence-corrected chi connectivity index (χ0v) is 10.4. The number of benzene rings is 1. The van der Waals surface area contributed by atoms with Gasteiger partial charge in [-0.05, 0) is 29.8 Å². The maximum Gasteiger partial charge on any atom is 0.289 e. The molecule has 0 bridgehead atoms. The second kappa shape index (κ2) is 5.40. The maximum atomic E-state index is 11.9. The number of hydrogen-bond donors (Lipinski definition) is 0. The van der Waals surface area contributed by atoms with Crippen molar-refractivity contribution in [1.29, 1.82) is 0 Å². The molecule has 0 aliphatic carbocycles. The minimum Gasteiger partial charge on any atom is -0.497 e. The van der Waals surface area contributed by atoms with E-state index in [4.69, 9.17) is 9.15 Å². The molecule has 0 spiro atoms. The van der Waals surface area contributed by atoms with Gasteiger partial charge in [0.1, 0.15) is 5.75 Å². The Morgan fingerprint density at radius 2 is 2.00 bits per heavy atom. The first-order valence-corrected chi connectivity index (χ1v) is 5.62. The molecule has 0 aliphatic rings. The molecule has 0 aliphatic heterocycles. The van der Waals surface area contributed by atoms with Gasteiger partial charge in [-0.15, -0.1) is 0 Å². The van der Waals surface area contributed by atoms with Gasteiger partial charge in [0, 0.05) is 13.6 Å². The van der Waals surface area contributed by atoms with Gasteiger partial charge in [-0.2, -0.15) is 0 Å². The Bertz CT molecular complexity index is 502. The molecule has 2 aromatic rings. The van der Waals surface area contributed by atoms with Crippen LogP contribution >= 0.6 is 0 Å². The Kier molecular flexibility index (Phi) is 3.67. The summed E-state index contributed by atoms with van der Waals surface area (Å²) in [5.74, 6) is 1.03. The molecule has 1 amide bonds. The van der Waals surface area contributed by atoms with Crippen LogP contribution in [0.3, 0.4) is 0 Å². The highest BCUT2D eigenvalue weighted by atomic mass is 16.5. The van der Waals surface area contributed by atoms with Crippen LogP contribution in [0.15, 0.2) is 47.1 Å². The van der Waals surface area contributed by atoms with Crippen molar-refractivity contribution in [3.05, 3.63) is 54.0 Å². The van der Waals surface area contributed by atoms with Crippen molar-refractivity contribution in [3.63, 3.8) is 0 Å². The highest BCUT2D eigenvalue weighted by molar-refractivity contribution is 5.91. The summed E-state index contributed by atoms with van der Waals surface area (Å²) in [6.07, 6.45) is 1.49. The predicted octanol–water partition coefficient (Wildman–Crippen LogP) is 2.56. The fourth-order valence-electron chi connectivity index (χ4n) is 1.66. The summed E-state index contributed by atoms with van der Waals surface area (Å²) in [7, 11) is 3.37. The number of furan rings is 1. The Balaban J connectivity index is 2.02. The molecular formula is C14H15NO3. The van der Waals surface area contributed by atoms with Gasteiger partial charge in [-0.25, -0.2) is 0 Å². The average Bonchev–Trinajstić information content (AvgIpc) is 2.92. The monoisotopic (exact) mass is 245 g/mol. The van der Waals surface area contributed by atoms with Crippen LogP contribution in [0.1, 0.15) is 16.1 Å². The lowest BCUT2D eigenvalue weighted by Crippen LogP contribution is -2.25.